The van der Waals surface area contributed by atoms with Gasteiger partial charge in [0.15, 0.2) is 5.13 Å². The number of anilines is 1. The van der Waals surface area contributed by atoms with Crippen molar-refractivity contribution < 1.29 is 18.1 Å². The Balaban J connectivity index is 1.24. The Morgan fingerprint density at radius 3 is 2.49 bits per heavy atom. The number of nitro benzene ring substituents is 1. The molecule has 1 N–H and O–H groups in total. The van der Waals surface area contributed by atoms with Gasteiger partial charge >= 0.3 is 0 Å². The first-order valence-electron chi connectivity index (χ1n) is 13.1. The van der Waals surface area contributed by atoms with Crippen LogP contribution in [0.1, 0.15) is 37.0 Å². The number of carbonyl (C=O) groups is 1. The molecule has 0 radical (unpaired) electrons. The maximum absolute atomic E-state index is 12.9. The molecule has 1 aliphatic heterocycles. The van der Waals surface area contributed by atoms with Crippen LogP contribution in [0.15, 0.2) is 47.4 Å². The number of carbonyl (C=O) groups excluding carboxylic acids is 1. The van der Waals surface area contributed by atoms with E-state index in [0.717, 1.165) is 54.4 Å². The van der Waals surface area contributed by atoms with Crippen molar-refractivity contribution in [3.8, 4) is 0 Å². The van der Waals surface area contributed by atoms with Gasteiger partial charge in [-0.05, 0) is 36.8 Å². The van der Waals surface area contributed by atoms with Gasteiger partial charge in [0.2, 0.25) is 10.0 Å². The highest BCUT2D eigenvalue weighted by Gasteiger charge is 2.23. The normalized spacial score (nSPS) is 14.7. The van der Waals surface area contributed by atoms with Crippen molar-refractivity contribution in [3.05, 3.63) is 58.1 Å². The fourth-order valence-electron chi connectivity index (χ4n) is 4.45. The lowest BCUT2D eigenvalue weighted by atomic mass is 10.2. The maximum Gasteiger partial charge on any atom is 0.270 e. The van der Waals surface area contributed by atoms with Crippen LogP contribution in [0.2, 0.25) is 0 Å². The van der Waals surface area contributed by atoms with E-state index in [-0.39, 0.29) is 16.5 Å². The number of hydrogen-bond donors (Lipinski definition) is 1. The minimum absolute atomic E-state index is 0.0658. The Kier molecular flexibility index (Phi) is 9.49. The zero-order valence-electron chi connectivity index (χ0n) is 22.2. The van der Waals surface area contributed by atoms with E-state index in [1.54, 1.807) is 24.3 Å². The Labute approximate surface area is 232 Å². The Morgan fingerprint density at radius 1 is 1.13 bits per heavy atom. The molecule has 210 valence electrons. The van der Waals surface area contributed by atoms with Crippen molar-refractivity contribution in [2.45, 2.75) is 31.6 Å². The number of rotatable bonds is 12. The molecule has 3 aromatic rings. The fourth-order valence-corrected chi connectivity index (χ4v) is 6.99. The first-order chi connectivity index (χ1) is 18.7. The second kappa shape index (κ2) is 12.8. The maximum atomic E-state index is 12.9. The molecule has 0 atom stereocenters. The number of nitro groups is 1. The molecule has 2 aromatic carbocycles. The number of benzene rings is 2. The molecule has 1 aliphatic rings. The van der Waals surface area contributed by atoms with Gasteiger partial charge in [-0.2, -0.15) is 4.31 Å². The first-order valence-corrected chi connectivity index (χ1v) is 15.4. The molecular weight excluding hydrogens is 540 g/mol. The van der Waals surface area contributed by atoms with Crippen LogP contribution in [-0.4, -0.2) is 85.8 Å². The number of piperazine rings is 1. The second-order valence-corrected chi connectivity index (χ2v) is 12.3. The lowest BCUT2D eigenvalue weighted by molar-refractivity contribution is -0.384. The monoisotopic (exact) mass is 574 g/mol. The number of nitrogens with zero attached hydrogens (tertiary/aromatic N) is 5. The van der Waals surface area contributed by atoms with Gasteiger partial charge in [0.25, 0.3) is 11.6 Å². The molecule has 13 heteroatoms. The van der Waals surface area contributed by atoms with E-state index >= 15 is 0 Å². The molecule has 1 aromatic heterocycles. The average molecular weight is 575 g/mol. The standard InChI is InChI=1S/C26H34N6O5S2/c1-3-5-13-31(4-2)39(36,37)22-9-6-20(7-10-22)25(33)27-12-14-29-15-17-30(18-16-29)26-28-23-11-8-21(32(34)35)19-24(23)38-26/h6-11,19H,3-5,12-18H2,1-2H3,(H,27,33). The van der Waals surface area contributed by atoms with Gasteiger partial charge in [-0.15, -0.1) is 0 Å². The van der Waals surface area contributed by atoms with Crippen LogP contribution in [0.25, 0.3) is 10.2 Å². The van der Waals surface area contributed by atoms with Crippen LogP contribution in [0.3, 0.4) is 0 Å². The quantitative estimate of drug-likeness (QED) is 0.257. The number of hydrogen-bond acceptors (Lipinski definition) is 9. The largest absolute Gasteiger partial charge is 0.351 e. The average Bonchev–Trinajstić information content (AvgIpc) is 3.37. The number of nitrogens with one attached hydrogen (secondary N) is 1. The molecule has 0 unspecified atom stereocenters. The van der Waals surface area contributed by atoms with E-state index in [2.05, 4.69) is 20.1 Å². The smallest absolute Gasteiger partial charge is 0.270 e. The molecular formula is C26H34N6O5S2. The van der Waals surface area contributed by atoms with Gasteiger partial charge < -0.3 is 10.2 Å². The molecule has 11 nitrogen and oxygen atoms in total. The molecule has 1 fully saturated rings. The summed E-state index contributed by atoms with van der Waals surface area (Å²) in [6.45, 7) is 9.08. The molecule has 0 spiro atoms. The third-order valence-electron chi connectivity index (χ3n) is 6.80. The van der Waals surface area contributed by atoms with Gasteiger partial charge in [-0.1, -0.05) is 31.6 Å². The van der Waals surface area contributed by atoms with E-state index in [1.165, 1.54) is 33.8 Å². The summed E-state index contributed by atoms with van der Waals surface area (Å²) in [6.07, 6.45) is 1.72. The Hall–Kier alpha value is -3.13. The highest BCUT2D eigenvalue weighted by atomic mass is 32.2. The first kappa shape index (κ1) is 28.9. The minimum atomic E-state index is -3.57. The van der Waals surface area contributed by atoms with Gasteiger partial charge in [0, 0.05) is 70.1 Å². The number of unbranched alkanes of at least 4 members (excludes halogenated alkanes) is 1. The topological polar surface area (TPSA) is 129 Å². The third-order valence-corrected chi connectivity index (χ3v) is 9.86. The van der Waals surface area contributed by atoms with Crippen LogP contribution in [-0.2, 0) is 10.0 Å². The van der Waals surface area contributed by atoms with Crippen molar-refractivity contribution in [2.24, 2.45) is 0 Å². The summed E-state index contributed by atoms with van der Waals surface area (Å²) in [5, 5.41) is 14.8. The zero-order chi connectivity index (χ0) is 28.0. The fraction of sp³-hybridized carbons (Fsp3) is 0.462. The van der Waals surface area contributed by atoms with Crippen molar-refractivity contribution in [2.75, 3.05) is 57.3 Å². The van der Waals surface area contributed by atoms with Crippen molar-refractivity contribution >= 4 is 48.3 Å². The van der Waals surface area contributed by atoms with E-state index < -0.39 is 14.9 Å². The summed E-state index contributed by atoms with van der Waals surface area (Å²) >= 11 is 1.46. The van der Waals surface area contributed by atoms with Crippen molar-refractivity contribution in [1.82, 2.24) is 19.5 Å². The molecule has 39 heavy (non-hydrogen) atoms. The van der Waals surface area contributed by atoms with E-state index in [0.29, 0.717) is 31.7 Å². The highest BCUT2D eigenvalue weighted by Crippen LogP contribution is 2.31. The number of non-ortho nitro benzene ring substituents is 1. The van der Waals surface area contributed by atoms with E-state index in [1.807, 2.05) is 13.8 Å². The van der Waals surface area contributed by atoms with Crippen LogP contribution >= 0.6 is 11.3 Å². The van der Waals surface area contributed by atoms with Crippen LogP contribution in [0.5, 0.6) is 0 Å². The van der Waals surface area contributed by atoms with E-state index in [4.69, 9.17) is 0 Å². The van der Waals surface area contributed by atoms with Gasteiger partial charge in [0.1, 0.15) is 0 Å². The molecule has 0 bridgehead atoms. The number of aromatic nitrogens is 1. The minimum Gasteiger partial charge on any atom is -0.351 e. The summed E-state index contributed by atoms with van der Waals surface area (Å²) in [7, 11) is -3.57. The number of thiazole rings is 1. The lowest BCUT2D eigenvalue weighted by Crippen LogP contribution is -2.48. The molecule has 1 amide bonds. The molecule has 1 saturated heterocycles. The Morgan fingerprint density at radius 2 is 1.85 bits per heavy atom. The van der Waals surface area contributed by atoms with Crippen LogP contribution in [0, 0.1) is 10.1 Å². The summed E-state index contributed by atoms with van der Waals surface area (Å²) in [6, 6.07) is 10.8. The number of sulfonamides is 1. The summed E-state index contributed by atoms with van der Waals surface area (Å²) in [4.78, 5) is 32.5. The summed E-state index contributed by atoms with van der Waals surface area (Å²) < 4.78 is 28.0. The predicted molar refractivity (Wildman–Crippen MR) is 153 cm³/mol. The second-order valence-electron chi connectivity index (χ2n) is 9.36. The van der Waals surface area contributed by atoms with Crippen molar-refractivity contribution in [1.29, 1.82) is 0 Å². The molecule has 0 aliphatic carbocycles. The molecule has 2 heterocycles. The highest BCUT2D eigenvalue weighted by molar-refractivity contribution is 7.89. The third kappa shape index (κ3) is 6.90. The van der Waals surface area contributed by atoms with Gasteiger partial charge in [-0.25, -0.2) is 13.4 Å². The van der Waals surface area contributed by atoms with Gasteiger partial charge in [-0.3, -0.25) is 19.8 Å². The summed E-state index contributed by atoms with van der Waals surface area (Å²) in [5.41, 5.74) is 1.25. The van der Waals surface area contributed by atoms with Gasteiger partial charge in [0.05, 0.1) is 20.0 Å². The Bertz CT molecular complexity index is 1400. The van der Waals surface area contributed by atoms with Crippen LogP contribution in [0.4, 0.5) is 10.8 Å². The zero-order valence-corrected chi connectivity index (χ0v) is 23.8. The van der Waals surface area contributed by atoms with Crippen LogP contribution < -0.4 is 10.2 Å². The summed E-state index contributed by atoms with van der Waals surface area (Å²) in [5.74, 6) is -0.237. The number of amides is 1. The molecule has 0 saturated carbocycles. The predicted octanol–water partition coefficient (Wildman–Crippen LogP) is 3.57. The number of fused-ring (bicyclic) bond motifs is 1. The molecule has 4 rings (SSSR count). The SMILES string of the molecule is CCCCN(CC)S(=O)(=O)c1ccc(C(=O)NCCN2CCN(c3nc4ccc([N+](=O)[O-])cc4s3)CC2)cc1. The van der Waals surface area contributed by atoms with Crippen molar-refractivity contribution in [3.63, 3.8) is 0 Å². The van der Waals surface area contributed by atoms with E-state index in [9.17, 15) is 23.3 Å². The lowest BCUT2D eigenvalue weighted by Gasteiger charge is -2.34.